The van der Waals surface area contributed by atoms with Crippen molar-refractivity contribution in [1.82, 2.24) is 0 Å². The van der Waals surface area contributed by atoms with E-state index in [0.29, 0.717) is 25.1 Å². The van der Waals surface area contributed by atoms with E-state index in [0.717, 1.165) is 62.5 Å². The Kier molecular flexibility index (Phi) is 7.38. The van der Waals surface area contributed by atoms with Crippen LogP contribution in [0.25, 0.3) is 0 Å². The van der Waals surface area contributed by atoms with E-state index in [9.17, 15) is 5.11 Å². The molecule has 3 heterocycles. The van der Waals surface area contributed by atoms with Gasteiger partial charge < -0.3 is 43.0 Å². The van der Waals surface area contributed by atoms with Crippen molar-refractivity contribution in [3.63, 3.8) is 0 Å². The average Bonchev–Trinajstić information content (AvgIpc) is 3.64. The van der Waals surface area contributed by atoms with E-state index < -0.39 is 0 Å². The first kappa shape index (κ1) is 25.0. The lowest BCUT2D eigenvalue weighted by atomic mass is 10.1. The third-order valence-electron chi connectivity index (χ3n) is 5.91. The summed E-state index contributed by atoms with van der Waals surface area (Å²) in [5, 5.41) is 9.53. The van der Waals surface area contributed by atoms with Gasteiger partial charge >= 0.3 is 0 Å². The van der Waals surface area contributed by atoms with Crippen LogP contribution in [0, 0.1) is 27.7 Å². The van der Waals surface area contributed by atoms with Crippen molar-refractivity contribution in [2.24, 2.45) is 0 Å². The molecular formula is C27H30O9. The van der Waals surface area contributed by atoms with Gasteiger partial charge in [0.05, 0.1) is 14.2 Å². The van der Waals surface area contributed by atoms with E-state index in [2.05, 4.69) is 0 Å². The maximum atomic E-state index is 9.53. The fraction of sp³-hybridized carbons (Fsp3) is 0.333. The largest absolute Gasteiger partial charge is 0.507 e. The predicted molar refractivity (Wildman–Crippen MR) is 131 cm³/mol. The summed E-state index contributed by atoms with van der Waals surface area (Å²) in [6, 6.07) is 9.28. The molecule has 1 N–H and O–H groups in total. The number of fused-ring (bicyclic) bond motifs is 3. The summed E-state index contributed by atoms with van der Waals surface area (Å²) in [7, 11) is 3.29. The molecule has 192 valence electrons. The number of ether oxygens (including phenoxy) is 8. The smallest absolute Gasteiger partial charge is 0.231 e. The minimum Gasteiger partial charge on any atom is -0.507 e. The Morgan fingerprint density at radius 2 is 1.11 bits per heavy atom. The fourth-order valence-corrected chi connectivity index (χ4v) is 3.92. The molecule has 0 atom stereocenters. The molecule has 3 aliphatic rings. The van der Waals surface area contributed by atoms with Crippen LogP contribution in [0.3, 0.4) is 0 Å². The van der Waals surface area contributed by atoms with E-state index in [1.807, 2.05) is 52.0 Å². The number of hydrogen-bond donors (Lipinski definition) is 1. The van der Waals surface area contributed by atoms with Crippen molar-refractivity contribution in [2.45, 2.75) is 27.7 Å². The van der Waals surface area contributed by atoms with Gasteiger partial charge in [0, 0.05) is 17.2 Å². The second-order valence-corrected chi connectivity index (χ2v) is 8.20. The van der Waals surface area contributed by atoms with Gasteiger partial charge in [0.15, 0.2) is 34.5 Å². The highest BCUT2D eigenvalue weighted by atomic mass is 16.7. The molecule has 9 heteroatoms. The van der Waals surface area contributed by atoms with Crippen molar-refractivity contribution in [2.75, 3.05) is 34.6 Å². The van der Waals surface area contributed by atoms with Crippen molar-refractivity contribution in [1.29, 1.82) is 0 Å². The molecule has 0 radical (unpaired) electrons. The molecule has 6 rings (SSSR count). The SMILES string of the molecule is COc1cc2c(cc1C)OCO2.COc1ccc2c(c1C)OCO2.Cc1cc2c(c(C)c1O)OCO2. The van der Waals surface area contributed by atoms with Gasteiger partial charge in [-0.05, 0) is 63.1 Å². The van der Waals surface area contributed by atoms with Gasteiger partial charge in [0.25, 0.3) is 0 Å². The van der Waals surface area contributed by atoms with E-state index in [1.54, 1.807) is 20.3 Å². The van der Waals surface area contributed by atoms with Crippen LogP contribution < -0.4 is 37.9 Å². The first-order valence-corrected chi connectivity index (χ1v) is 11.3. The Hall–Kier alpha value is -4.14. The van der Waals surface area contributed by atoms with Crippen molar-refractivity contribution >= 4 is 0 Å². The fourth-order valence-electron chi connectivity index (χ4n) is 3.92. The average molecular weight is 499 g/mol. The number of methoxy groups -OCH3 is 2. The van der Waals surface area contributed by atoms with Crippen LogP contribution in [-0.2, 0) is 0 Å². The standard InChI is InChI=1S/3C9H10O3/c1-6-3-8-9(12-5-11-8)4-7(6)10-2;1-5-3-7-9(12-4-11-7)6(2)8(5)10;1-6-7(10-2)3-4-8-9(6)12-5-11-8/h3-4H,5H2,1-2H3;3,10H,4H2,1-2H3;3-4H,5H2,1-2H3. The lowest BCUT2D eigenvalue weighted by molar-refractivity contribution is 0.173. The molecule has 0 amide bonds. The monoisotopic (exact) mass is 498 g/mol. The molecule has 3 aromatic rings. The summed E-state index contributed by atoms with van der Waals surface area (Å²) in [6.45, 7) is 8.44. The zero-order valence-corrected chi connectivity index (χ0v) is 21.2. The quantitative estimate of drug-likeness (QED) is 0.511. The van der Waals surface area contributed by atoms with Gasteiger partial charge in [0.2, 0.25) is 20.4 Å². The van der Waals surface area contributed by atoms with Gasteiger partial charge in [-0.1, -0.05) is 0 Å². The van der Waals surface area contributed by atoms with Gasteiger partial charge in [-0.3, -0.25) is 0 Å². The number of aryl methyl sites for hydroxylation is 2. The lowest BCUT2D eigenvalue weighted by Gasteiger charge is -2.05. The molecule has 0 bridgehead atoms. The molecule has 0 fully saturated rings. The molecular weight excluding hydrogens is 468 g/mol. The third kappa shape index (κ3) is 4.95. The molecule has 3 aromatic carbocycles. The maximum absolute atomic E-state index is 9.53. The van der Waals surface area contributed by atoms with Gasteiger partial charge in [-0.15, -0.1) is 0 Å². The molecule has 0 aliphatic carbocycles. The van der Waals surface area contributed by atoms with Crippen LogP contribution in [0.4, 0.5) is 0 Å². The minimum atomic E-state index is 0.249. The molecule has 0 unspecified atom stereocenters. The molecule has 3 aliphatic heterocycles. The summed E-state index contributed by atoms with van der Waals surface area (Å²) < 4.78 is 41.5. The second kappa shape index (κ2) is 10.6. The van der Waals surface area contributed by atoms with Crippen LogP contribution in [0.1, 0.15) is 22.3 Å². The van der Waals surface area contributed by atoms with Crippen molar-refractivity contribution in [3.05, 3.63) is 52.6 Å². The van der Waals surface area contributed by atoms with E-state index in [-0.39, 0.29) is 6.79 Å². The van der Waals surface area contributed by atoms with E-state index in [4.69, 9.17) is 37.9 Å². The number of hydrogen-bond acceptors (Lipinski definition) is 9. The molecule has 0 aromatic heterocycles. The summed E-state index contributed by atoms with van der Waals surface area (Å²) in [5.41, 5.74) is 3.62. The summed E-state index contributed by atoms with van der Waals surface area (Å²) in [5.74, 6) is 6.51. The molecule has 0 spiro atoms. The molecule has 9 nitrogen and oxygen atoms in total. The number of phenols is 1. The Bertz CT molecular complexity index is 1250. The number of aromatic hydroxyl groups is 1. The summed E-state index contributed by atoms with van der Waals surface area (Å²) >= 11 is 0. The normalized spacial score (nSPS) is 13.3. The Morgan fingerprint density at radius 1 is 0.583 bits per heavy atom. The van der Waals surface area contributed by atoms with Crippen LogP contribution >= 0.6 is 0 Å². The lowest BCUT2D eigenvalue weighted by Crippen LogP contribution is -1.93. The first-order chi connectivity index (χ1) is 17.3. The number of phenolic OH excluding ortho intramolecular Hbond substituents is 1. The number of benzene rings is 3. The number of rotatable bonds is 2. The highest BCUT2D eigenvalue weighted by molar-refractivity contribution is 5.57. The zero-order valence-electron chi connectivity index (χ0n) is 21.2. The second-order valence-electron chi connectivity index (χ2n) is 8.20. The van der Waals surface area contributed by atoms with Crippen LogP contribution in [0.15, 0.2) is 30.3 Å². The highest BCUT2D eigenvalue weighted by Gasteiger charge is 2.20. The van der Waals surface area contributed by atoms with Crippen LogP contribution in [-0.4, -0.2) is 39.7 Å². The summed E-state index contributed by atoms with van der Waals surface area (Å²) in [4.78, 5) is 0. The zero-order chi connectivity index (χ0) is 25.8. The summed E-state index contributed by atoms with van der Waals surface area (Å²) in [6.07, 6.45) is 0. The van der Waals surface area contributed by atoms with E-state index >= 15 is 0 Å². The first-order valence-electron chi connectivity index (χ1n) is 11.3. The van der Waals surface area contributed by atoms with E-state index in [1.165, 1.54) is 0 Å². The molecule has 0 saturated carbocycles. The van der Waals surface area contributed by atoms with Gasteiger partial charge in [-0.2, -0.15) is 0 Å². The van der Waals surface area contributed by atoms with Crippen molar-refractivity contribution in [3.8, 4) is 51.7 Å². The third-order valence-corrected chi connectivity index (χ3v) is 5.91. The molecule has 0 saturated heterocycles. The maximum Gasteiger partial charge on any atom is 0.231 e. The van der Waals surface area contributed by atoms with Gasteiger partial charge in [0.1, 0.15) is 17.2 Å². The van der Waals surface area contributed by atoms with Crippen LogP contribution in [0.5, 0.6) is 51.7 Å². The minimum absolute atomic E-state index is 0.249. The topological polar surface area (TPSA) is 94.1 Å². The van der Waals surface area contributed by atoms with Crippen LogP contribution in [0.2, 0.25) is 0 Å². The predicted octanol–water partition coefficient (Wildman–Crippen LogP) is 5.20. The Morgan fingerprint density at radius 3 is 1.78 bits per heavy atom. The molecule has 36 heavy (non-hydrogen) atoms. The Labute approximate surface area is 210 Å². The Balaban J connectivity index is 0.000000127. The van der Waals surface area contributed by atoms with Gasteiger partial charge in [-0.25, -0.2) is 0 Å². The van der Waals surface area contributed by atoms with Crippen molar-refractivity contribution < 1.29 is 43.0 Å². The highest BCUT2D eigenvalue weighted by Crippen LogP contribution is 2.42.